The Morgan fingerprint density at radius 2 is 2.00 bits per heavy atom. The fourth-order valence-corrected chi connectivity index (χ4v) is 2.61. The summed E-state index contributed by atoms with van der Waals surface area (Å²) < 4.78 is 26.8. The number of benzene rings is 1. The number of hydrogen-bond acceptors (Lipinski definition) is 4. The first-order valence-electron chi connectivity index (χ1n) is 6.47. The van der Waals surface area contributed by atoms with Crippen molar-refractivity contribution in [3.63, 3.8) is 0 Å². The molecular weight excluding hydrogens is 296 g/mol. The van der Waals surface area contributed by atoms with Crippen LogP contribution in [0.25, 0.3) is 0 Å². The Bertz CT molecular complexity index is 610. The molecule has 2 aromatic rings. The van der Waals surface area contributed by atoms with Gasteiger partial charge in [0.2, 0.25) is 0 Å². The maximum Gasteiger partial charge on any atom is 0.270 e. The zero-order chi connectivity index (χ0) is 15.2. The van der Waals surface area contributed by atoms with Gasteiger partial charge in [0, 0.05) is 23.9 Å². The average molecular weight is 311 g/mol. The lowest BCUT2D eigenvalue weighted by atomic mass is 10.1. The molecule has 0 aliphatic carbocycles. The molecule has 0 aliphatic rings. The molecule has 1 amide bonds. The van der Waals surface area contributed by atoms with Gasteiger partial charge in [0.1, 0.15) is 17.3 Å². The van der Waals surface area contributed by atoms with E-state index in [1.807, 2.05) is 0 Å². The second-order valence-corrected chi connectivity index (χ2v) is 5.31. The quantitative estimate of drug-likeness (QED) is 0.856. The summed E-state index contributed by atoms with van der Waals surface area (Å²) in [4.78, 5) is 16.0. The van der Waals surface area contributed by atoms with E-state index in [9.17, 15) is 13.6 Å². The fourth-order valence-electron chi connectivity index (χ4n) is 1.82. The molecule has 21 heavy (non-hydrogen) atoms. The number of nitrogens with two attached hydrogens (primary N) is 1. The molecule has 0 bridgehead atoms. The standard InChI is InChI=1S/C14H15F2N3OS/c15-10-2-1-3-11(16)9(10)5-7-18-14(20)12-8-21-13(19-12)4-6-17/h1-3,8H,4-7,17H2,(H,18,20). The molecule has 4 nitrogen and oxygen atoms in total. The van der Waals surface area contributed by atoms with E-state index in [0.29, 0.717) is 18.7 Å². The summed E-state index contributed by atoms with van der Waals surface area (Å²) in [6.07, 6.45) is 0.711. The maximum absolute atomic E-state index is 13.4. The van der Waals surface area contributed by atoms with Crippen LogP contribution in [0.1, 0.15) is 21.1 Å². The smallest absolute Gasteiger partial charge is 0.270 e. The van der Waals surface area contributed by atoms with E-state index in [2.05, 4.69) is 10.3 Å². The minimum atomic E-state index is -0.608. The third-order valence-corrected chi connectivity index (χ3v) is 3.77. The van der Waals surface area contributed by atoms with Crippen molar-refractivity contribution >= 4 is 17.2 Å². The molecule has 7 heteroatoms. The first kappa shape index (κ1) is 15.5. The van der Waals surface area contributed by atoms with Gasteiger partial charge < -0.3 is 11.1 Å². The zero-order valence-electron chi connectivity index (χ0n) is 11.2. The molecule has 0 saturated heterocycles. The topological polar surface area (TPSA) is 68.0 Å². The van der Waals surface area contributed by atoms with Gasteiger partial charge in [0.15, 0.2) is 0 Å². The summed E-state index contributed by atoms with van der Waals surface area (Å²) >= 11 is 1.37. The first-order chi connectivity index (χ1) is 10.1. The highest BCUT2D eigenvalue weighted by Gasteiger charge is 2.12. The second kappa shape index (κ2) is 7.24. The van der Waals surface area contributed by atoms with Crippen molar-refractivity contribution in [2.24, 2.45) is 5.73 Å². The number of nitrogens with zero attached hydrogens (tertiary/aromatic N) is 1. The Labute approximate surface area is 125 Å². The van der Waals surface area contributed by atoms with Gasteiger partial charge in [-0.05, 0) is 25.1 Å². The first-order valence-corrected chi connectivity index (χ1v) is 7.35. The lowest BCUT2D eigenvalue weighted by molar-refractivity contribution is 0.0949. The van der Waals surface area contributed by atoms with Gasteiger partial charge in [-0.25, -0.2) is 13.8 Å². The molecule has 3 N–H and O–H groups in total. The van der Waals surface area contributed by atoms with Crippen molar-refractivity contribution < 1.29 is 13.6 Å². The van der Waals surface area contributed by atoms with E-state index in [1.54, 1.807) is 5.38 Å². The van der Waals surface area contributed by atoms with E-state index in [-0.39, 0.29) is 24.4 Å². The summed E-state index contributed by atoms with van der Waals surface area (Å²) in [6.45, 7) is 0.613. The number of rotatable bonds is 6. The molecule has 0 fully saturated rings. The van der Waals surface area contributed by atoms with Crippen LogP contribution < -0.4 is 11.1 Å². The highest BCUT2D eigenvalue weighted by molar-refractivity contribution is 7.09. The van der Waals surface area contributed by atoms with Crippen LogP contribution in [0, 0.1) is 11.6 Å². The number of amides is 1. The van der Waals surface area contributed by atoms with Crippen LogP contribution in [0.4, 0.5) is 8.78 Å². The monoisotopic (exact) mass is 311 g/mol. The fraction of sp³-hybridized carbons (Fsp3) is 0.286. The summed E-state index contributed by atoms with van der Waals surface area (Å²) in [7, 11) is 0. The van der Waals surface area contributed by atoms with Gasteiger partial charge in [-0.1, -0.05) is 6.07 Å². The second-order valence-electron chi connectivity index (χ2n) is 4.37. The lowest BCUT2D eigenvalue weighted by Crippen LogP contribution is -2.26. The highest BCUT2D eigenvalue weighted by Crippen LogP contribution is 2.13. The largest absolute Gasteiger partial charge is 0.350 e. The number of halogens is 2. The Morgan fingerprint density at radius 1 is 1.29 bits per heavy atom. The number of carbonyl (C=O) groups excluding carboxylic acids is 1. The van der Waals surface area contributed by atoms with Gasteiger partial charge >= 0.3 is 0 Å². The van der Waals surface area contributed by atoms with Crippen molar-refractivity contribution in [3.05, 3.63) is 51.5 Å². The molecule has 1 heterocycles. The van der Waals surface area contributed by atoms with E-state index in [0.717, 1.165) is 5.01 Å². The van der Waals surface area contributed by atoms with E-state index < -0.39 is 11.6 Å². The Morgan fingerprint density at radius 3 is 2.67 bits per heavy atom. The molecule has 0 aliphatic heterocycles. The predicted molar refractivity (Wildman–Crippen MR) is 77.3 cm³/mol. The summed E-state index contributed by atoms with van der Waals surface area (Å²) in [5.74, 6) is -1.57. The van der Waals surface area contributed by atoms with E-state index >= 15 is 0 Å². The number of aromatic nitrogens is 1. The van der Waals surface area contributed by atoms with Crippen LogP contribution in [0.5, 0.6) is 0 Å². The van der Waals surface area contributed by atoms with Gasteiger partial charge in [0.25, 0.3) is 5.91 Å². The van der Waals surface area contributed by atoms with E-state index in [1.165, 1.54) is 29.5 Å². The van der Waals surface area contributed by atoms with Crippen LogP contribution in [0.15, 0.2) is 23.6 Å². The van der Waals surface area contributed by atoms with Crippen LogP contribution in [0.3, 0.4) is 0 Å². The molecular formula is C14H15F2N3OS. The van der Waals surface area contributed by atoms with Crippen molar-refractivity contribution in [3.8, 4) is 0 Å². The van der Waals surface area contributed by atoms with Gasteiger partial charge in [-0.15, -0.1) is 11.3 Å². The normalized spacial score (nSPS) is 10.6. The molecule has 1 aromatic heterocycles. The van der Waals surface area contributed by atoms with Crippen molar-refractivity contribution in [2.75, 3.05) is 13.1 Å². The SMILES string of the molecule is NCCc1nc(C(=O)NCCc2c(F)cccc2F)cs1. The average Bonchev–Trinajstić information content (AvgIpc) is 2.91. The number of carbonyl (C=O) groups is 1. The molecule has 0 spiro atoms. The predicted octanol–water partition coefficient (Wildman–Crippen LogP) is 1.89. The van der Waals surface area contributed by atoms with Gasteiger partial charge in [-0.2, -0.15) is 0 Å². The van der Waals surface area contributed by atoms with Crippen molar-refractivity contribution in [1.29, 1.82) is 0 Å². The number of nitrogens with one attached hydrogen (secondary N) is 1. The van der Waals surface area contributed by atoms with Gasteiger partial charge in [-0.3, -0.25) is 4.79 Å². The maximum atomic E-state index is 13.4. The Kier molecular flexibility index (Phi) is 5.35. The van der Waals surface area contributed by atoms with E-state index in [4.69, 9.17) is 5.73 Å². The van der Waals surface area contributed by atoms with Crippen LogP contribution in [-0.4, -0.2) is 24.0 Å². The van der Waals surface area contributed by atoms with Gasteiger partial charge in [0.05, 0.1) is 5.01 Å². The molecule has 2 rings (SSSR count). The molecule has 112 valence electrons. The Hall–Kier alpha value is -1.86. The molecule has 0 radical (unpaired) electrons. The minimum absolute atomic E-state index is 0.0279. The lowest BCUT2D eigenvalue weighted by Gasteiger charge is -2.06. The number of hydrogen-bond donors (Lipinski definition) is 2. The minimum Gasteiger partial charge on any atom is -0.350 e. The van der Waals surface area contributed by atoms with Crippen molar-refractivity contribution in [2.45, 2.75) is 12.8 Å². The summed E-state index contributed by atoms with van der Waals surface area (Å²) in [5.41, 5.74) is 5.69. The third kappa shape index (κ3) is 4.05. The summed E-state index contributed by atoms with van der Waals surface area (Å²) in [5, 5.41) is 5.04. The third-order valence-electron chi connectivity index (χ3n) is 2.86. The van der Waals surface area contributed by atoms with Crippen LogP contribution >= 0.6 is 11.3 Å². The van der Waals surface area contributed by atoms with Crippen molar-refractivity contribution in [1.82, 2.24) is 10.3 Å². The molecule has 0 atom stereocenters. The molecule has 0 saturated carbocycles. The van der Waals surface area contributed by atoms with Crippen LogP contribution in [-0.2, 0) is 12.8 Å². The highest BCUT2D eigenvalue weighted by atomic mass is 32.1. The molecule has 0 unspecified atom stereocenters. The zero-order valence-corrected chi connectivity index (χ0v) is 12.1. The molecule has 1 aromatic carbocycles. The summed E-state index contributed by atoms with van der Waals surface area (Å²) in [6, 6.07) is 3.69. The number of thiazole rings is 1. The Balaban J connectivity index is 1.89. The van der Waals surface area contributed by atoms with Crippen LogP contribution in [0.2, 0.25) is 0 Å².